The summed E-state index contributed by atoms with van der Waals surface area (Å²) >= 11 is 8.10. The largest absolute Gasteiger partial charge is 1.00 e. The van der Waals surface area contributed by atoms with Gasteiger partial charge >= 0.3 is 0 Å². The number of halogens is 2. The normalized spacial score (nSPS) is 10.8. The van der Waals surface area contributed by atoms with E-state index in [4.69, 9.17) is 16.3 Å². The average molecular weight is 650 g/mol. The smallest absolute Gasteiger partial charge is 0.228 e. The van der Waals surface area contributed by atoms with Gasteiger partial charge < -0.3 is 27.0 Å². The molecule has 7 heteroatoms. The lowest BCUT2D eigenvalue weighted by Gasteiger charge is -2.11. The number of ether oxygens (including phenoxy) is 1. The van der Waals surface area contributed by atoms with Gasteiger partial charge in [-0.1, -0.05) is 125 Å². The summed E-state index contributed by atoms with van der Waals surface area (Å²) in [7, 11) is 0. The van der Waals surface area contributed by atoms with Crippen LogP contribution in [0.25, 0.3) is 0 Å². The summed E-state index contributed by atoms with van der Waals surface area (Å²) in [5.41, 5.74) is 4.91. The highest BCUT2D eigenvalue weighted by molar-refractivity contribution is 7.09. The van der Waals surface area contributed by atoms with Gasteiger partial charge in [0.1, 0.15) is 5.75 Å². The predicted octanol–water partition coefficient (Wildman–Crippen LogP) is 6.31. The van der Waals surface area contributed by atoms with Crippen molar-refractivity contribution in [3.05, 3.63) is 75.2 Å². The molecule has 0 bridgehead atoms. The molecular formula is C33H46BrClN2O2S. The second-order valence-electron chi connectivity index (χ2n) is 10.5. The number of unbranched alkanes of at least 4 members (excludes halogenated alkanes) is 11. The SMILES string of the molecule is CCCCCCCCCCCCCCOc1cc(CC(=O)Nc2ccccc2C[n+]2csc(C)c2)ccc1Cl.[Br-]. The number of nitrogens with one attached hydrogen (secondary N) is 1. The van der Waals surface area contributed by atoms with Crippen LogP contribution in [-0.2, 0) is 17.8 Å². The molecule has 0 saturated heterocycles. The van der Waals surface area contributed by atoms with Crippen LogP contribution in [0.1, 0.15) is 100.0 Å². The standard InChI is InChI=1S/C33H45ClN2O2S.BrH/c1-3-4-5-6-7-8-9-10-11-12-13-16-21-38-32-22-28(19-20-30(32)34)23-33(37)35-31-18-15-14-17-29(31)25-36-24-27(2)39-26-36;/h14-15,17-20,22,24,26H,3-13,16,21,23,25H2,1-2H3;1H. The number of anilines is 1. The third-order valence-corrected chi connectivity index (χ3v) is 8.15. The quantitative estimate of drug-likeness (QED) is 0.122. The van der Waals surface area contributed by atoms with E-state index in [9.17, 15) is 4.79 Å². The second-order valence-corrected chi connectivity index (χ2v) is 12.0. The van der Waals surface area contributed by atoms with E-state index in [2.05, 4.69) is 41.5 Å². The number of aromatic nitrogens is 1. The summed E-state index contributed by atoms with van der Waals surface area (Å²) in [6.07, 6.45) is 18.2. The first-order chi connectivity index (χ1) is 19.0. The third kappa shape index (κ3) is 13.2. The van der Waals surface area contributed by atoms with Crippen molar-refractivity contribution in [3.8, 4) is 5.75 Å². The van der Waals surface area contributed by atoms with Crippen molar-refractivity contribution in [3.63, 3.8) is 0 Å². The lowest BCUT2D eigenvalue weighted by Crippen LogP contribution is -3.00. The van der Waals surface area contributed by atoms with Crippen LogP contribution in [0.3, 0.4) is 0 Å². The summed E-state index contributed by atoms with van der Waals surface area (Å²) in [4.78, 5) is 14.1. The molecule has 1 amide bonds. The van der Waals surface area contributed by atoms with Crippen LogP contribution in [-0.4, -0.2) is 12.5 Å². The zero-order valence-corrected chi connectivity index (χ0v) is 27.4. The average Bonchev–Trinajstić information content (AvgIpc) is 3.34. The molecule has 0 aliphatic carbocycles. The fourth-order valence-corrected chi connectivity index (χ4v) is 5.58. The summed E-state index contributed by atoms with van der Waals surface area (Å²) in [6, 6.07) is 13.6. The molecule has 0 saturated carbocycles. The fraction of sp³-hybridized carbons (Fsp3) is 0.515. The van der Waals surface area contributed by atoms with Gasteiger partial charge in [0, 0.05) is 5.56 Å². The van der Waals surface area contributed by atoms with Crippen molar-refractivity contribution in [1.82, 2.24) is 0 Å². The number of carbonyl (C=O) groups excluding carboxylic acids is 1. The number of aryl methyl sites for hydroxylation is 1. The minimum Gasteiger partial charge on any atom is -1.00 e. The van der Waals surface area contributed by atoms with Crippen LogP contribution in [0, 0.1) is 6.92 Å². The molecule has 4 nitrogen and oxygen atoms in total. The van der Waals surface area contributed by atoms with E-state index in [1.54, 1.807) is 11.3 Å². The van der Waals surface area contributed by atoms with Gasteiger partial charge in [-0.3, -0.25) is 4.79 Å². The molecule has 0 radical (unpaired) electrons. The summed E-state index contributed by atoms with van der Waals surface area (Å²) in [5, 5.41) is 3.68. The molecule has 3 rings (SSSR count). The van der Waals surface area contributed by atoms with Gasteiger partial charge in [-0.25, -0.2) is 0 Å². The minimum atomic E-state index is -0.0526. The summed E-state index contributed by atoms with van der Waals surface area (Å²) in [6.45, 7) is 5.74. The van der Waals surface area contributed by atoms with E-state index in [0.29, 0.717) is 17.4 Å². The first-order valence-electron chi connectivity index (χ1n) is 14.8. The molecule has 40 heavy (non-hydrogen) atoms. The van der Waals surface area contributed by atoms with Gasteiger partial charge in [0.2, 0.25) is 11.4 Å². The third-order valence-electron chi connectivity index (χ3n) is 6.98. The molecule has 1 aromatic heterocycles. The van der Waals surface area contributed by atoms with E-state index in [1.165, 1.54) is 75.5 Å². The van der Waals surface area contributed by atoms with Crippen molar-refractivity contribution in [2.45, 2.75) is 104 Å². The summed E-state index contributed by atoms with van der Waals surface area (Å²) < 4.78 is 8.13. The van der Waals surface area contributed by atoms with E-state index in [-0.39, 0.29) is 29.3 Å². The molecule has 0 fully saturated rings. The molecule has 220 valence electrons. The lowest BCUT2D eigenvalue weighted by molar-refractivity contribution is -0.683. The number of amides is 1. The van der Waals surface area contributed by atoms with Gasteiger partial charge in [0.25, 0.3) is 0 Å². The van der Waals surface area contributed by atoms with Crippen LogP contribution in [0.5, 0.6) is 5.75 Å². The van der Waals surface area contributed by atoms with Crippen LogP contribution in [0.4, 0.5) is 5.69 Å². The number of hydrogen-bond donors (Lipinski definition) is 1. The van der Waals surface area contributed by atoms with Crippen molar-refractivity contribution < 1.29 is 31.1 Å². The Labute approximate surface area is 261 Å². The van der Waals surface area contributed by atoms with Gasteiger partial charge in [-0.05, 0) is 37.1 Å². The highest BCUT2D eigenvalue weighted by Crippen LogP contribution is 2.26. The van der Waals surface area contributed by atoms with Crippen molar-refractivity contribution in [2.75, 3.05) is 11.9 Å². The molecular weight excluding hydrogens is 604 g/mol. The Balaban J connectivity index is 0.00000560. The van der Waals surface area contributed by atoms with E-state index >= 15 is 0 Å². The number of rotatable bonds is 19. The first kappa shape index (κ1) is 34.3. The Morgan fingerprint density at radius 3 is 2.23 bits per heavy atom. The Bertz CT molecular complexity index is 1140. The Morgan fingerprint density at radius 1 is 0.925 bits per heavy atom. The maximum Gasteiger partial charge on any atom is 0.228 e. The van der Waals surface area contributed by atoms with Crippen LogP contribution in [0.2, 0.25) is 5.02 Å². The Kier molecular flexibility index (Phi) is 17.2. The topological polar surface area (TPSA) is 42.2 Å². The molecule has 0 unspecified atom stereocenters. The highest BCUT2D eigenvalue weighted by atomic mass is 79.9. The number of carbonyl (C=O) groups is 1. The van der Waals surface area contributed by atoms with E-state index in [1.807, 2.05) is 36.4 Å². The zero-order chi connectivity index (χ0) is 27.7. The molecule has 3 aromatic rings. The molecule has 0 atom stereocenters. The number of benzene rings is 2. The van der Waals surface area contributed by atoms with Gasteiger partial charge in [-0.2, -0.15) is 4.57 Å². The van der Waals surface area contributed by atoms with Crippen LogP contribution in [0.15, 0.2) is 54.2 Å². The molecule has 0 aliphatic heterocycles. The first-order valence-corrected chi connectivity index (χ1v) is 16.0. The van der Waals surface area contributed by atoms with Crippen molar-refractivity contribution in [2.24, 2.45) is 0 Å². The molecule has 0 spiro atoms. The number of thiazole rings is 1. The molecule has 1 heterocycles. The van der Waals surface area contributed by atoms with Gasteiger partial charge in [-0.15, -0.1) is 0 Å². The number of para-hydroxylation sites is 1. The molecule has 2 aromatic carbocycles. The molecule has 0 aliphatic rings. The van der Waals surface area contributed by atoms with E-state index in [0.717, 1.165) is 29.8 Å². The van der Waals surface area contributed by atoms with E-state index < -0.39 is 0 Å². The van der Waals surface area contributed by atoms with Crippen LogP contribution < -0.4 is 31.6 Å². The van der Waals surface area contributed by atoms with Crippen molar-refractivity contribution >= 4 is 34.5 Å². The number of nitrogens with zero attached hydrogens (tertiary/aromatic N) is 1. The predicted molar refractivity (Wildman–Crippen MR) is 165 cm³/mol. The minimum absolute atomic E-state index is 0. The Hall–Kier alpha value is -1.89. The highest BCUT2D eigenvalue weighted by Gasteiger charge is 2.13. The van der Waals surface area contributed by atoms with Gasteiger partial charge in [0.05, 0.1) is 28.6 Å². The summed E-state index contributed by atoms with van der Waals surface area (Å²) in [5.74, 6) is 0.609. The van der Waals surface area contributed by atoms with Crippen LogP contribution >= 0.6 is 22.9 Å². The maximum atomic E-state index is 12.9. The van der Waals surface area contributed by atoms with Crippen molar-refractivity contribution in [1.29, 1.82) is 0 Å². The second kappa shape index (κ2) is 20.1. The molecule has 1 N–H and O–H groups in total. The maximum absolute atomic E-state index is 12.9. The van der Waals surface area contributed by atoms with Gasteiger partial charge in [0.15, 0.2) is 12.7 Å². The fourth-order valence-electron chi connectivity index (χ4n) is 4.78. The number of hydrogen-bond acceptors (Lipinski definition) is 3. The monoisotopic (exact) mass is 648 g/mol. The Morgan fingerprint density at radius 2 is 1.57 bits per heavy atom. The zero-order valence-electron chi connectivity index (χ0n) is 24.2. The lowest BCUT2D eigenvalue weighted by atomic mass is 10.1.